The van der Waals surface area contributed by atoms with Crippen molar-refractivity contribution in [3.8, 4) is 0 Å². The lowest BCUT2D eigenvalue weighted by Gasteiger charge is -2.39. The highest BCUT2D eigenvalue weighted by Crippen LogP contribution is 2.23. The highest BCUT2D eigenvalue weighted by Gasteiger charge is 2.25. The third kappa shape index (κ3) is 7.85. The van der Waals surface area contributed by atoms with Crippen LogP contribution in [0, 0.1) is 0 Å². The number of benzene rings is 1. The van der Waals surface area contributed by atoms with Gasteiger partial charge in [-0.25, -0.2) is 4.98 Å². The fourth-order valence-corrected chi connectivity index (χ4v) is 5.82. The zero-order chi connectivity index (χ0) is 31.6. The lowest BCUT2D eigenvalue weighted by atomic mass is 10.2. The van der Waals surface area contributed by atoms with Crippen LogP contribution in [0.25, 0.3) is 11.0 Å². The highest BCUT2D eigenvalue weighted by atomic mass is 16.2. The van der Waals surface area contributed by atoms with Gasteiger partial charge < -0.3 is 20.0 Å². The molecule has 2 aliphatic rings. The Bertz CT molecular complexity index is 1480. The summed E-state index contributed by atoms with van der Waals surface area (Å²) >= 11 is 0. The summed E-state index contributed by atoms with van der Waals surface area (Å²) in [5.41, 5.74) is 2.61. The first-order valence-corrected chi connectivity index (χ1v) is 15.9. The fraction of sp³-hybridized carbons (Fsp3) is 0.471. The second-order valence-electron chi connectivity index (χ2n) is 11.1. The van der Waals surface area contributed by atoms with E-state index in [1.807, 2.05) is 60.9 Å². The molecular weight excluding hydrogens is 554 g/mol. The molecule has 44 heavy (non-hydrogen) atoms. The molecule has 236 valence electrons. The first-order valence-electron chi connectivity index (χ1n) is 15.9. The largest absolute Gasteiger partial charge is 0.368 e. The van der Waals surface area contributed by atoms with Crippen LogP contribution in [0.15, 0.2) is 66.0 Å². The number of hydrogen-bond acceptors (Lipinski definition) is 7. The number of rotatable bonds is 9. The van der Waals surface area contributed by atoms with Gasteiger partial charge in [0.1, 0.15) is 11.5 Å². The van der Waals surface area contributed by atoms with E-state index < -0.39 is 0 Å². The van der Waals surface area contributed by atoms with Crippen molar-refractivity contribution in [1.29, 1.82) is 0 Å². The van der Waals surface area contributed by atoms with Crippen LogP contribution >= 0.6 is 0 Å². The summed E-state index contributed by atoms with van der Waals surface area (Å²) in [7, 11) is 0. The Morgan fingerprint density at radius 3 is 2.27 bits per heavy atom. The van der Waals surface area contributed by atoms with Crippen molar-refractivity contribution in [1.82, 2.24) is 24.3 Å². The molecule has 0 saturated carbocycles. The number of pyridine rings is 2. The lowest BCUT2D eigenvalue weighted by Crippen LogP contribution is -2.54. The molecule has 1 N–H and O–H groups in total. The third-order valence-corrected chi connectivity index (χ3v) is 8.30. The SMILES string of the molecule is C=CC(=O)N1CCN(CCn2c(=O)ccc3ccc(Nc4ccc(N5CCN(C(=O)CCC)CC5)cc4)nc32)C(C)C1.CC. The molecule has 2 saturated heterocycles. The van der Waals surface area contributed by atoms with Crippen molar-refractivity contribution in [2.24, 2.45) is 0 Å². The molecule has 4 heterocycles. The number of carbonyl (C=O) groups is 2. The summed E-state index contributed by atoms with van der Waals surface area (Å²) in [4.78, 5) is 50.4. The molecule has 0 radical (unpaired) electrons. The lowest BCUT2D eigenvalue weighted by molar-refractivity contribution is -0.131. The molecule has 10 nitrogen and oxygen atoms in total. The smallest absolute Gasteiger partial charge is 0.252 e. The maximum absolute atomic E-state index is 12.9. The zero-order valence-electron chi connectivity index (χ0n) is 26.7. The third-order valence-electron chi connectivity index (χ3n) is 8.30. The number of fused-ring (bicyclic) bond motifs is 1. The van der Waals surface area contributed by atoms with Crippen molar-refractivity contribution < 1.29 is 9.59 Å². The van der Waals surface area contributed by atoms with Crippen LogP contribution in [0.3, 0.4) is 0 Å². The molecule has 2 fully saturated rings. The van der Waals surface area contributed by atoms with Gasteiger partial charge in [-0.05, 0) is 61.9 Å². The molecule has 2 aliphatic heterocycles. The number of hydrogen-bond donors (Lipinski definition) is 1. The number of nitrogens with one attached hydrogen (secondary N) is 1. The molecule has 1 atom stereocenters. The van der Waals surface area contributed by atoms with Crippen LogP contribution in [0.5, 0.6) is 0 Å². The second-order valence-corrected chi connectivity index (χ2v) is 11.1. The standard InChI is InChI=1S/C32H41N7O3.C2H6/c1-4-6-30(41)37-18-16-36(17-19-37)27-11-9-26(10-12-27)33-28-13-7-25-8-14-31(42)39(32(25)34-28)22-21-35-15-20-38(23-24(35)3)29(40)5-2;1-2/h5,7-14,24H,2,4,6,15-23H2,1,3H3,(H,33,34);1-2H3. The molecule has 10 heteroatoms. The number of nitrogens with zero attached hydrogens (tertiary/aromatic N) is 6. The van der Waals surface area contributed by atoms with Gasteiger partial charge in [-0.2, -0.15) is 0 Å². The molecule has 5 rings (SSSR count). The number of aromatic nitrogens is 2. The minimum absolute atomic E-state index is 0.0380. The van der Waals surface area contributed by atoms with Crippen LogP contribution in [0.2, 0.25) is 0 Å². The number of anilines is 3. The molecule has 2 aromatic heterocycles. The van der Waals surface area contributed by atoms with Crippen LogP contribution in [-0.4, -0.2) is 94.5 Å². The van der Waals surface area contributed by atoms with E-state index in [1.54, 1.807) is 10.6 Å². The first kappa shape index (κ1) is 32.7. The van der Waals surface area contributed by atoms with E-state index >= 15 is 0 Å². The summed E-state index contributed by atoms with van der Waals surface area (Å²) in [6, 6.07) is 15.8. The van der Waals surface area contributed by atoms with E-state index in [4.69, 9.17) is 4.98 Å². The van der Waals surface area contributed by atoms with Crippen molar-refractivity contribution in [3.63, 3.8) is 0 Å². The van der Waals surface area contributed by atoms with Gasteiger partial charge in [0.15, 0.2) is 0 Å². The summed E-state index contributed by atoms with van der Waals surface area (Å²) in [6.07, 6.45) is 2.87. The summed E-state index contributed by atoms with van der Waals surface area (Å²) in [5.74, 6) is 0.880. The number of amides is 2. The van der Waals surface area contributed by atoms with Crippen molar-refractivity contribution in [2.75, 3.05) is 62.6 Å². The van der Waals surface area contributed by atoms with Gasteiger partial charge in [0, 0.05) is 94.2 Å². The Kier molecular flexibility index (Phi) is 11.5. The van der Waals surface area contributed by atoms with Crippen LogP contribution < -0.4 is 15.8 Å². The van der Waals surface area contributed by atoms with Crippen molar-refractivity contribution in [3.05, 3.63) is 71.5 Å². The molecular formula is C34H47N7O3. The second kappa shape index (κ2) is 15.5. The van der Waals surface area contributed by atoms with E-state index in [9.17, 15) is 14.4 Å². The summed E-state index contributed by atoms with van der Waals surface area (Å²) in [5, 5.41) is 4.29. The van der Waals surface area contributed by atoms with Gasteiger partial charge in [0.2, 0.25) is 11.8 Å². The molecule has 0 aliphatic carbocycles. The van der Waals surface area contributed by atoms with Gasteiger partial charge >= 0.3 is 0 Å². The quantitative estimate of drug-likeness (QED) is 0.365. The average Bonchev–Trinajstić information content (AvgIpc) is 3.06. The average molecular weight is 602 g/mol. The van der Waals surface area contributed by atoms with Gasteiger partial charge in [0.25, 0.3) is 5.56 Å². The van der Waals surface area contributed by atoms with Crippen LogP contribution in [-0.2, 0) is 16.1 Å². The van der Waals surface area contributed by atoms with Crippen LogP contribution in [0.4, 0.5) is 17.2 Å². The Balaban J connectivity index is 0.00000216. The normalized spacial score (nSPS) is 17.2. The predicted octanol–water partition coefficient (Wildman–Crippen LogP) is 4.33. The predicted molar refractivity (Wildman–Crippen MR) is 179 cm³/mol. The zero-order valence-corrected chi connectivity index (χ0v) is 26.7. The number of carbonyl (C=O) groups excluding carboxylic acids is 2. The monoisotopic (exact) mass is 601 g/mol. The summed E-state index contributed by atoms with van der Waals surface area (Å²) in [6.45, 7) is 18.2. The highest BCUT2D eigenvalue weighted by molar-refractivity contribution is 5.87. The van der Waals surface area contributed by atoms with Crippen LogP contribution in [0.1, 0.15) is 40.5 Å². The minimum atomic E-state index is -0.0823. The van der Waals surface area contributed by atoms with E-state index in [-0.39, 0.29) is 23.4 Å². The Morgan fingerprint density at radius 2 is 1.61 bits per heavy atom. The molecule has 1 aromatic carbocycles. The van der Waals surface area contributed by atoms with E-state index in [0.29, 0.717) is 44.1 Å². The molecule has 2 amide bonds. The molecule has 3 aromatic rings. The van der Waals surface area contributed by atoms with Gasteiger partial charge in [-0.1, -0.05) is 27.4 Å². The van der Waals surface area contributed by atoms with Gasteiger partial charge in [-0.3, -0.25) is 23.9 Å². The Morgan fingerprint density at radius 1 is 0.932 bits per heavy atom. The molecule has 0 spiro atoms. The van der Waals surface area contributed by atoms with Crippen molar-refractivity contribution >= 4 is 40.0 Å². The summed E-state index contributed by atoms with van der Waals surface area (Å²) < 4.78 is 1.74. The molecule has 1 unspecified atom stereocenters. The number of piperazine rings is 2. The van der Waals surface area contributed by atoms with Gasteiger partial charge in [0.05, 0.1) is 0 Å². The Labute approximate surface area is 260 Å². The Hall–Kier alpha value is -4.18. The minimum Gasteiger partial charge on any atom is -0.368 e. The maximum Gasteiger partial charge on any atom is 0.252 e. The van der Waals surface area contributed by atoms with Crippen molar-refractivity contribution in [2.45, 2.75) is 53.1 Å². The van der Waals surface area contributed by atoms with Gasteiger partial charge in [-0.15, -0.1) is 0 Å². The van der Waals surface area contributed by atoms with E-state index in [1.165, 1.54) is 6.08 Å². The topological polar surface area (TPSA) is 94.0 Å². The maximum atomic E-state index is 12.9. The fourth-order valence-electron chi connectivity index (χ4n) is 5.82. The van der Waals surface area contributed by atoms with E-state index in [2.05, 4.69) is 40.8 Å². The molecule has 0 bridgehead atoms. The first-order chi connectivity index (χ1) is 21.4. The van der Waals surface area contributed by atoms with E-state index in [0.717, 1.165) is 55.9 Å².